The van der Waals surface area contributed by atoms with Crippen molar-refractivity contribution in [2.75, 3.05) is 0 Å². The fraction of sp³-hybridized carbons (Fsp3) is 1.00. The van der Waals surface area contributed by atoms with E-state index in [1.807, 2.05) is 0 Å². The molecule has 2 aliphatic rings. The minimum absolute atomic E-state index is 0.105. The van der Waals surface area contributed by atoms with Crippen LogP contribution in [0.2, 0.25) is 0 Å². The van der Waals surface area contributed by atoms with Crippen LogP contribution in [-0.4, -0.2) is 20.5 Å². The lowest BCUT2D eigenvalue weighted by atomic mass is 9.76. The molecule has 1 aliphatic carbocycles. The molecule has 0 bridgehead atoms. The summed E-state index contributed by atoms with van der Waals surface area (Å²) in [5.41, 5.74) is 0. The van der Waals surface area contributed by atoms with Crippen molar-refractivity contribution >= 4 is 10.2 Å². The fourth-order valence-electron chi connectivity index (χ4n) is 2.34. The molecule has 0 aromatic carbocycles. The third-order valence-electron chi connectivity index (χ3n) is 3.43. The normalized spacial score (nSPS) is 48.8. The zero-order chi connectivity index (χ0) is 9.64. The molecule has 2 fully saturated rings. The van der Waals surface area contributed by atoms with Crippen molar-refractivity contribution in [2.24, 2.45) is 11.8 Å². The van der Waals surface area contributed by atoms with Gasteiger partial charge in [-0.1, -0.05) is 13.8 Å². The lowest BCUT2D eigenvalue weighted by Crippen LogP contribution is -2.45. The first kappa shape index (κ1) is 9.43. The molecule has 0 amide bonds. The summed E-state index contributed by atoms with van der Waals surface area (Å²) in [5.74, 6) is 1.05. The van der Waals surface area contributed by atoms with E-state index in [0.717, 1.165) is 12.8 Å². The molecule has 0 spiro atoms. The first-order valence-electron chi connectivity index (χ1n) is 4.79. The van der Waals surface area contributed by atoms with Crippen molar-refractivity contribution < 1.29 is 8.42 Å². The third kappa shape index (κ3) is 1.60. The Kier molecular flexibility index (Phi) is 2.13. The van der Waals surface area contributed by atoms with Crippen LogP contribution in [-0.2, 0) is 10.2 Å². The Morgan fingerprint density at radius 2 is 1.85 bits per heavy atom. The Morgan fingerprint density at radius 3 is 2.54 bits per heavy atom. The maximum atomic E-state index is 11.2. The van der Waals surface area contributed by atoms with Crippen molar-refractivity contribution in [2.45, 2.75) is 38.8 Å². The van der Waals surface area contributed by atoms with E-state index < -0.39 is 10.2 Å². The predicted molar refractivity (Wildman–Crippen MR) is 50.3 cm³/mol. The molecule has 2 rings (SSSR count). The monoisotopic (exact) mass is 204 g/mol. The molecule has 4 unspecified atom stereocenters. The molecule has 4 nitrogen and oxygen atoms in total. The Labute approximate surface area is 79.3 Å². The maximum absolute atomic E-state index is 11.2. The van der Waals surface area contributed by atoms with Gasteiger partial charge in [0, 0.05) is 12.1 Å². The van der Waals surface area contributed by atoms with E-state index in [4.69, 9.17) is 0 Å². The molecule has 13 heavy (non-hydrogen) atoms. The Morgan fingerprint density at radius 1 is 1.15 bits per heavy atom. The van der Waals surface area contributed by atoms with Crippen molar-refractivity contribution in [3.8, 4) is 0 Å². The average molecular weight is 204 g/mol. The summed E-state index contributed by atoms with van der Waals surface area (Å²) >= 11 is 0. The summed E-state index contributed by atoms with van der Waals surface area (Å²) in [6, 6.07) is 0.227. The highest BCUT2D eigenvalue weighted by Crippen LogP contribution is 2.32. The van der Waals surface area contributed by atoms with Gasteiger partial charge in [0.2, 0.25) is 0 Å². The molecule has 1 saturated carbocycles. The second kappa shape index (κ2) is 2.93. The van der Waals surface area contributed by atoms with Gasteiger partial charge in [0.1, 0.15) is 0 Å². The Balaban J connectivity index is 2.20. The van der Waals surface area contributed by atoms with Crippen LogP contribution in [0, 0.1) is 11.8 Å². The number of nitrogens with one attached hydrogen (secondary N) is 2. The van der Waals surface area contributed by atoms with E-state index in [1.165, 1.54) is 0 Å². The molecule has 76 valence electrons. The van der Waals surface area contributed by atoms with Crippen LogP contribution < -0.4 is 9.44 Å². The van der Waals surface area contributed by atoms with Crippen LogP contribution in [0.4, 0.5) is 0 Å². The molecule has 1 heterocycles. The number of rotatable bonds is 0. The largest absolute Gasteiger partial charge is 0.277 e. The topological polar surface area (TPSA) is 58.2 Å². The standard InChI is InChI=1S/C8H16N2O2S/c1-5-3-4-7-8(6(5)2)10-13(11,12)9-7/h5-10H,3-4H2,1-2H3. The van der Waals surface area contributed by atoms with E-state index in [-0.39, 0.29) is 12.1 Å². The molecule has 2 N–H and O–H groups in total. The van der Waals surface area contributed by atoms with Crippen molar-refractivity contribution in [3.05, 3.63) is 0 Å². The van der Waals surface area contributed by atoms with Crippen LogP contribution in [0.1, 0.15) is 26.7 Å². The van der Waals surface area contributed by atoms with Gasteiger partial charge in [-0.3, -0.25) is 0 Å². The number of hydrogen-bond donors (Lipinski definition) is 2. The zero-order valence-electron chi connectivity index (χ0n) is 7.95. The van der Waals surface area contributed by atoms with Gasteiger partial charge >= 0.3 is 0 Å². The fourth-order valence-corrected chi connectivity index (χ4v) is 3.81. The summed E-state index contributed by atoms with van der Waals surface area (Å²) in [4.78, 5) is 0. The van der Waals surface area contributed by atoms with E-state index >= 15 is 0 Å². The number of fused-ring (bicyclic) bond motifs is 1. The SMILES string of the molecule is CC1CCC2NS(=O)(=O)NC2C1C. The smallest absolute Gasteiger partial charge is 0.198 e. The summed E-state index contributed by atoms with van der Waals surface area (Å²) in [5, 5.41) is 0. The lowest BCUT2D eigenvalue weighted by molar-refractivity contribution is 0.208. The maximum Gasteiger partial charge on any atom is 0.277 e. The van der Waals surface area contributed by atoms with Crippen molar-refractivity contribution in [1.82, 2.24) is 9.44 Å². The summed E-state index contributed by atoms with van der Waals surface area (Å²) in [6.45, 7) is 4.31. The van der Waals surface area contributed by atoms with Gasteiger partial charge in [-0.2, -0.15) is 17.9 Å². The molecule has 0 aromatic heterocycles. The van der Waals surface area contributed by atoms with Crippen molar-refractivity contribution in [1.29, 1.82) is 0 Å². The van der Waals surface area contributed by atoms with E-state index in [1.54, 1.807) is 0 Å². The Hall–Kier alpha value is -0.130. The first-order valence-corrected chi connectivity index (χ1v) is 6.27. The second-order valence-corrected chi connectivity index (χ2v) is 5.76. The molecule has 0 radical (unpaired) electrons. The highest BCUT2D eigenvalue weighted by molar-refractivity contribution is 7.87. The lowest BCUT2D eigenvalue weighted by Gasteiger charge is -2.34. The first-order chi connectivity index (χ1) is 5.99. The molecular weight excluding hydrogens is 188 g/mol. The van der Waals surface area contributed by atoms with Gasteiger partial charge in [0.25, 0.3) is 10.2 Å². The highest BCUT2D eigenvalue weighted by atomic mass is 32.2. The quantitative estimate of drug-likeness (QED) is 0.593. The van der Waals surface area contributed by atoms with Gasteiger partial charge in [0.15, 0.2) is 0 Å². The molecular formula is C8H16N2O2S. The van der Waals surface area contributed by atoms with Crippen LogP contribution in [0.5, 0.6) is 0 Å². The van der Waals surface area contributed by atoms with Gasteiger partial charge in [-0.15, -0.1) is 0 Å². The minimum Gasteiger partial charge on any atom is -0.198 e. The third-order valence-corrected chi connectivity index (χ3v) is 4.62. The van der Waals surface area contributed by atoms with Gasteiger partial charge in [0.05, 0.1) is 0 Å². The summed E-state index contributed by atoms with van der Waals surface area (Å²) in [6.07, 6.45) is 2.08. The average Bonchev–Trinajstić information content (AvgIpc) is 2.34. The van der Waals surface area contributed by atoms with E-state index in [2.05, 4.69) is 23.3 Å². The molecule has 4 atom stereocenters. The van der Waals surface area contributed by atoms with Gasteiger partial charge in [-0.05, 0) is 24.7 Å². The van der Waals surface area contributed by atoms with Gasteiger partial charge < -0.3 is 0 Å². The van der Waals surface area contributed by atoms with Crippen LogP contribution in [0.3, 0.4) is 0 Å². The van der Waals surface area contributed by atoms with E-state index in [9.17, 15) is 8.42 Å². The summed E-state index contributed by atoms with van der Waals surface area (Å²) in [7, 11) is -3.19. The van der Waals surface area contributed by atoms with Crippen molar-refractivity contribution in [3.63, 3.8) is 0 Å². The van der Waals surface area contributed by atoms with Crippen LogP contribution in [0.25, 0.3) is 0 Å². The van der Waals surface area contributed by atoms with E-state index in [0.29, 0.717) is 11.8 Å². The highest BCUT2D eigenvalue weighted by Gasteiger charge is 2.43. The van der Waals surface area contributed by atoms with Crippen LogP contribution in [0.15, 0.2) is 0 Å². The molecule has 1 aliphatic heterocycles. The molecule has 0 aromatic rings. The molecule has 5 heteroatoms. The Bertz CT molecular complexity index is 301. The zero-order valence-corrected chi connectivity index (χ0v) is 8.76. The second-order valence-electron chi connectivity index (χ2n) is 4.29. The summed E-state index contributed by atoms with van der Waals surface area (Å²) < 4.78 is 27.8. The van der Waals surface area contributed by atoms with Gasteiger partial charge in [-0.25, -0.2) is 0 Å². The predicted octanol–water partition coefficient (Wildman–Crippen LogP) is 0.227. The minimum atomic E-state index is -3.19. The number of hydrogen-bond acceptors (Lipinski definition) is 2. The molecule has 1 saturated heterocycles. The van der Waals surface area contributed by atoms with Crippen LogP contribution >= 0.6 is 0 Å².